The Balaban J connectivity index is 1.81. The van der Waals surface area contributed by atoms with E-state index in [9.17, 15) is 0 Å². The van der Waals surface area contributed by atoms with E-state index in [2.05, 4.69) is 19.5 Å². The quantitative estimate of drug-likeness (QED) is 0.791. The van der Waals surface area contributed by atoms with Gasteiger partial charge in [0.05, 0.1) is 5.69 Å². The average molecular weight is 275 g/mol. The van der Waals surface area contributed by atoms with Gasteiger partial charge in [0, 0.05) is 17.7 Å². The van der Waals surface area contributed by atoms with Crippen LogP contribution in [-0.4, -0.2) is 19.5 Å². The molecule has 0 spiro atoms. The number of imidazole rings is 1. The van der Waals surface area contributed by atoms with Crippen LogP contribution in [-0.2, 0) is 12.8 Å². The third kappa shape index (κ3) is 2.04. The van der Waals surface area contributed by atoms with Crippen molar-refractivity contribution >= 4 is 11.6 Å². The molecule has 0 N–H and O–H groups in total. The van der Waals surface area contributed by atoms with E-state index in [-0.39, 0.29) is 0 Å². The fraction of sp³-hybridized carbons (Fsp3) is 0.500. The van der Waals surface area contributed by atoms with Crippen molar-refractivity contribution < 1.29 is 0 Å². The first-order valence-corrected chi connectivity index (χ1v) is 7.29. The van der Waals surface area contributed by atoms with E-state index in [1.165, 1.54) is 37.1 Å². The van der Waals surface area contributed by atoms with E-state index in [1.54, 1.807) is 0 Å². The molecule has 2 aliphatic carbocycles. The predicted octanol–water partition coefficient (Wildman–Crippen LogP) is 3.07. The van der Waals surface area contributed by atoms with Gasteiger partial charge in [0.1, 0.15) is 23.1 Å². The summed E-state index contributed by atoms with van der Waals surface area (Å²) in [6, 6.07) is 1.84. The highest BCUT2D eigenvalue weighted by Gasteiger charge is 2.28. The van der Waals surface area contributed by atoms with Crippen LogP contribution < -0.4 is 0 Å². The topological polar surface area (TPSA) is 43.6 Å². The average Bonchev–Trinajstić information content (AvgIpc) is 3.18. The highest BCUT2D eigenvalue weighted by Crippen LogP contribution is 2.38. The van der Waals surface area contributed by atoms with Gasteiger partial charge in [-0.3, -0.25) is 4.57 Å². The van der Waals surface area contributed by atoms with E-state index < -0.39 is 0 Å². The Morgan fingerprint density at radius 3 is 2.84 bits per heavy atom. The maximum absolute atomic E-state index is 6.14. The second kappa shape index (κ2) is 4.30. The van der Waals surface area contributed by atoms with Crippen molar-refractivity contribution in [3.8, 4) is 5.82 Å². The van der Waals surface area contributed by atoms with E-state index >= 15 is 0 Å². The lowest BCUT2D eigenvalue weighted by Gasteiger charge is -2.14. The fourth-order valence-electron chi connectivity index (χ4n) is 2.74. The summed E-state index contributed by atoms with van der Waals surface area (Å²) in [4.78, 5) is 13.5. The smallest absolute Gasteiger partial charge is 0.143 e. The van der Waals surface area contributed by atoms with E-state index in [4.69, 9.17) is 11.6 Å². The number of aryl methyl sites for hydroxylation is 1. The molecule has 4 rings (SSSR count). The van der Waals surface area contributed by atoms with Gasteiger partial charge in [0.15, 0.2) is 0 Å². The third-order valence-electron chi connectivity index (χ3n) is 3.92. The van der Waals surface area contributed by atoms with Crippen LogP contribution >= 0.6 is 11.6 Å². The number of fused-ring (bicyclic) bond motifs is 1. The van der Waals surface area contributed by atoms with Crippen LogP contribution in [0.2, 0.25) is 5.15 Å². The SMILES string of the molecule is Clc1cc(-n2cnc3c2CCCC3)nc(C2CC2)n1. The summed E-state index contributed by atoms with van der Waals surface area (Å²) in [5.41, 5.74) is 2.51. The maximum Gasteiger partial charge on any atom is 0.143 e. The van der Waals surface area contributed by atoms with Crippen molar-refractivity contribution in [3.63, 3.8) is 0 Å². The van der Waals surface area contributed by atoms with Crippen molar-refractivity contribution in [3.05, 3.63) is 34.8 Å². The van der Waals surface area contributed by atoms with Crippen LogP contribution in [0, 0.1) is 0 Å². The molecule has 0 aromatic carbocycles. The van der Waals surface area contributed by atoms with Crippen LogP contribution in [0.15, 0.2) is 12.4 Å². The summed E-state index contributed by atoms with van der Waals surface area (Å²) >= 11 is 6.14. The van der Waals surface area contributed by atoms with Gasteiger partial charge in [0.2, 0.25) is 0 Å². The summed E-state index contributed by atoms with van der Waals surface area (Å²) in [6.07, 6.45) is 8.87. The van der Waals surface area contributed by atoms with Gasteiger partial charge >= 0.3 is 0 Å². The number of hydrogen-bond acceptors (Lipinski definition) is 3. The molecule has 5 heteroatoms. The van der Waals surface area contributed by atoms with Crippen molar-refractivity contribution in [1.29, 1.82) is 0 Å². The van der Waals surface area contributed by atoms with Crippen LogP contribution in [0.5, 0.6) is 0 Å². The van der Waals surface area contributed by atoms with Gasteiger partial charge in [0.25, 0.3) is 0 Å². The van der Waals surface area contributed by atoms with Crippen LogP contribution in [0.25, 0.3) is 5.82 Å². The van der Waals surface area contributed by atoms with Gasteiger partial charge in [-0.25, -0.2) is 15.0 Å². The highest BCUT2D eigenvalue weighted by atomic mass is 35.5. The zero-order valence-electron chi connectivity index (χ0n) is 10.6. The number of rotatable bonds is 2. The molecule has 0 bridgehead atoms. The molecule has 2 heterocycles. The van der Waals surface area contributed by atoms with E-state index in [1.807, 2.05) is 12.4 Å². The lowest BCUT2D eigenvalue weighted by atomic mass is 10.0. The van der Waals surface area contributed by atoms with Crippen LogP contribution in [0.1, 0.15) is 48.8 Å². The molecule has 0 amide bonds. The third-order valence-corrected chi connectivity index (χ3v) is 4.11. The number of halogens is 1. The zero-order valence-corrected chi connectivity index (χ0v) is 11.4. The molecule has 2 aromatic heterocycles. The summed E-state index contributed by atoms with van der Waals surface area (Å²) in [6.45, 7) is 0. The number of aromatic nitrogens is 4. The van der Waals surface area contributed by atoms with Crippen molar-refractivity contribution in [2.45, 2.75) is 44.4 Å². The molecule has 2 aromatic rings. The summed E-state index contributed by atoms with van der Waals surface area (Å²) in [5.74, 6) is 2.27. The first kappa shape index (κ1) is 11.4. The van der Waals surface area contributed by atoms with Crippen LogP contribution in [0.4, 0.5) is 0 Å². The molecule has 0 radical (unpaired) electrons. The highest BCUT2D eigenvalue weighted by molar-refractivity contribution is 6.29. The maximum atomic E-state index is 6.14. The Morgan fingerprint density at radius 1 is 1.16 bits per heavy atom. The van der Waals surface area contributed by atoms with Crippen LogP contribution in [0.3, 0.4) is 0 Å². The molecule has 0 aliphatic heterocycles. The molecule has 0 atom stereocenters. The number of hydrogen-bond donors (Lipinski definition) is 0. The van der Waals surface area contributed by atoms with Gasteiger partial charge in [-0.05, 0) is 38.5 Å². The van der Waals surface area contributed by atoms with Gasteiger partial charge in [-0.1, -0.05) is 11.6 Å². The van der Waals surface area contributed by atoms with Crippen molar-refractivity contribution in [2.24, 2.45) is 0 Å². The van der Waals surface area contributed by atoms with Crippen molar-refractivity contribution in [2.75, 3.05) is 0 Å². The van der Waals surface area contributed by atoms with E-state index in [0.717, 1.165) is 24.5 Å². The molecule has 98 valence electrons. The Labute approximate surface area is 116 Å². The second-order valence-corrected chi connectivity index (χ2v) is 5.78. The zero-order chi connectivity index (χ0) is 12.8. The van der Waals surface area contributed by atoms with Crippen molar-refractivity contribution in [1.82, 2.24) is 19.5 Å². The fourth-order valence-corrected chi connectivity index (χ4v) is 2.92. The molecule has 2 aliphatic rings. The Hall–Kier alpha value is -1.42. The van der Waals surface area contributed by atoms with E-state index in [0.29, 0.717) is 11.1 Å². The largest absolute Gasteiger partial charge is 0.287 e. The molecule has 4 nitrogen and oxygen atoms in total. The standard InChI is InChI=1S/C14H15ClN4/c15-12-7-13(18-14(17-12)9-5-6-9)19-8-16-10-3-1-2-4-11(10)19/h7-9H,1-6H2. The first-order valence-electron chi connectivity index (χ1n) is 6.91. The van der Waals surface area contributed by atoms with Gasteiger partial charge in [-0.15, -0.1) is 0 Å². The normalized spacial score (nSPS) is 18.4. The molecule has 0 saturated heterocycles. The van der Waals surface area contributed by atoms with Gasteiger partial charge < -0.3 is 0 Å². The minimum absolute atomic E-state index is 0.511. The Kier molecular flexibility index (Phi) is 2.58. The Bertz CT molecular complexity index is 630. The molecule has 1 saturated carbocycles. The molecular weight excluding hydrogens is 260 g/mol. The first-order chi connectivity index (χ1) is 9.31. The summed E-state index contributed by atoms with van der Waals surface area (Å²) in [5, 5.41) is 0.533. The summed E-state index contributed by atoms with van der Waals surface area (Å²) < 4.78 is 2.09. The lowest BCUT2D eigenvalue weighted by Crippen LogP contribution is -2.09. The lowest BCUT2D eigenvalue weighted by molar-refractivity contribution is 0.653. The monoisotopic (exact) mass is 274 g/mol. The molecule has 1 fully saturated rings. The van der Waals surface area contributed by atoms with Gasteiger partial charge in [-0.2, -0.15) is 0 Å². The summed E-state index contributed by atoms with van der Waals surface area (Å²) in [7, 11) is 0. The molecule has 19 heavy (non-hydrogen) atoms. The second-order valence-electron chi connectivity index (χ2n) is 5.40. The molecular formula is C14H15ClN4. The Morgan fingerprint density at radius 2 is 2.00 bits per heavy atom. The molecule has 0 unspecified atom stereocenters. The number of nitrogens with zero attached hydrogens (tertiary/aromatic N) is 4. The predicted molar refractivity (Wildman–Crippen MR) is 72.8 cm³/mol. The minimum atomic E-state index is 0.511. The minimum Gasteiger partial charge on any atom is -0.287 e.